The third kappa shape index (κ3) is 3.92. The zero-order valence-electron chi connectivity index (χ0n) is 14.2. The topological polar surface area (TPSA) is 32.3 Å². The maximum absolute atomic E-state index is 10.7. The van der Waals surface area contributed by atoms with Gasteiger partial charge in [-0.05, 0) is 59.0 Å². The van der Waals surface area contributed by atoms with Gasteiger partial charge in [-0.3, -0.25) is 0 Å². The molecule has 21 heavy (non-hydrogen) atoms. The molecular weight excluding hydrogens is 282 g/mol. The summed E-state index contributed by atoms with van der Waals surface area (Å²) >= 11 is 0. The zero-order chi connectivity index (χ0) is 15.1. The summed E-state index contributed by atoms with van der Waals surface area (Å²) in [6.45, 7) is 14.1. The summed E-state index contributed by atoms with van der Waals surface area (Å²) < 4.78 is 0. The lowest BCUT2D eigenvalue weighted by Crippen LogP contribution is -2.20. The van der Waals surface area contributed by atoms with Gasteiger partial charge in [0.25, 0.3) is 0 Å². The van der Waals surface area contributed by atoms with Crippen molar-refractivity contribution in [3.63, 3.8) is 0 Å². The molecule has 1 aliphatic heterocycles. The van der Waals surface area contributed by atoms with E-state index in [2.05, 4.69) is 59.0 Å². The van der Waals surface area contributed by atoms with Crippen LogP contribution in [-0.2, 0) is 10.8 Å². The van der Waals surface area contributed by atoms with Crippen molar-refractivity contribution in [3.8, 4) is 5.75 Å². The largest absolute Gasteiger partial charge is 0.507 e. The molecule has 0 radical (unpaired) electrons. The molecule has 2 rings (SSSR count). The van der Waals surface area contributed by atoms with Gasteiger partial charge in [0, 0.05) is 6.04 Å². The van der Waals surface area contributed by atoms with Crippen LogP contribution in [0.5, 0.6) is 5.75 Å². The second-order valence-electron chi connectivity index (χ2n) is 8.11. The number of hydrogen-bond donors (Lipinski definition) is 2. The summed E-state index contributed by atoms with van der Waals surface area (Å²) in [5, 5.41) is 14.3. The third-order valence-corrected chi connectivity index (χ3v) is 4.21. The summed E-state index contributed by atoms with van der Waals surface area (Å²) in [6, 6.07) is 4.85. The average Bonchev–Trinajstić information content (AvgIpc) is 2.79. The molecule has 0 spiro atoms. The van der Waals surface area contributed by atoms with E-state index in [1.165, 1.54) is 18.4 Å². The summed E-state index contributed by atoms with van der Waals surface area (Å²) in [7, 11) is 0. The van der Waals surface area contributed by atoms with E-state index in [9.17, 15) is 5.11 Å². The molecule has 0 aromatic heterocycles. The lowest BCUT2D eigenvalue weighted by atomic mass is 9.77. The first-order valence-electron chi connectivity index (χ1n) is 7.72. The lowest BCUT2D eigenvalue weighted by Gasteiger charge is -2.29. The number of hydrogen-bond acceptors (Lipinski definition) is 2. The quantitative estimate of drug-likeness (QED) is 0.778. The summed E-state index contributed by atoms with van der Waals surface area (Å²) in [4.78, 5) is 0. The highest BCUT2D eigenvalue weighted by atomic mass is 35.5. The Kier molecular flexibility index (Phi) is 5.39. The van der Waals surface area contributed by atoms with E-state index in [1.807, 2.05) is 0 Å². The maximum Gasteiger partial charge on any atom is 0.123 e. The van der Waals surface area contributed by atoms with Crippen LogP contribution in [0.15, 0.2) is 12.1 Å². The normalized spacial score (nSPS) is 19.4. The van der Waals surface area contributed by atoms with Gasteiger partial charge in [-0.15, -0.1) is 12.4 Å². The highest BCUT2D eigenvalue weighted by Crippen LogP contribution is 2.41. The Morgan fingerprint density at radius 2 is 1.48 bits per heavy atom. The Labute approximate surface area is 135 Å². The molecule has 2 N–H and O–H groups in total. The molecule has 1 aliphatic rings. The van der Waals surface area contributed by atoms with Crippen LogP contribution in [0.1, 0.15) is 77.1 Å². The minimum atomic E-state index is -0.0430. The average molecular weight is 312 g/mol. The van der Waals surface area contributed by atoms with Crippen molar-refractivity contribution in [1.29, 1.82) is 0 Å². The Hall–Kier alpha value is -0.730. The van der Waals surface area contributed by atoms with Crippen molar-refractivity contribution >= 4 is 12.4 Å². The first-order valence-corrected chi connectivity index (χ1v) is 7.72. The van der Waals surface area contributed by atoms with E-state index in [-0.39, 0.29) is 23.2 Å². The molecule has 120 valence electrons. The van der Waals surface area contributed by atoms with E-state index in [1.54, 1.807) is 0 Å². The highest BCUT2D eigenvalue weighted by molar-refractivity contribution is 5.85. The van der Waals surface area contributed by atoms with Gasteiger partial charge in [0.15, 0.2) is 0 Å². The fourth-order valence-electron chi connectivity index (χ4n) is 2.97. The van der Waals surface area contributed by atoms with Crippen LogP contribution in [0.2, 0.25) is 0 Å². The smallest absolute Gasteiger partial charge is 0.123 e. The van der Waals surface area contributed by atoms with Crippen LogP contribution in [0.3, 0.4) is 0 Å². The minimum Gasteiger partial charge on any atom is -0.507 e. The second kappa shape index (κ2) is 6.18. The van der Waals surface area contributed by atoms with Crippen molar-refractivity contribution in [2.75, 3.05) is 6.54 Å². The van der Waals surface area contributed by atoms with Crippen LogP contribution >= 0.6 is 12.4 Å². The summed E-state index contributed by atoms with van der Waals surface area (Å²) in [6.07, 6.45) is 2.43. The van der Waals surface area contributed by atoms with Crippen molar-refractivity contribution in [2.24, 2.45) is 0 Å². The summed E-state index contributed by atoms with van der Waals surface area (Å²) in [5.74, 6) is 0.478. The number of nitrogens with one attached hydrogen (secondary N) is 1. The predicted molar refractivity (Wildman–Crippen MR) is 92.7 cm³/mol. The molecule has 0 aliphatic carbocycles. The fraction of sp³-hybridized carbons (Fsp3) is 0.667. The molecule has 1 aromatic rings. The Bertz CT molecular complexity index is 456. The SMILES string of the molecule is CC(C)(C)c1cc([C@H]2CCCN2)cc(C(C)(C)C)c1O.Cl. The molecule has 0 saturated carbocycles. The van der Waals surface area contributed by atoms with Crippen LogP contribution in [0.4, 0.5) is 0 Å². The fourth-order valence-corrected chi connectivity index (χ4v) is 2.97. The number of rotatable bonds is 1. The Balaban J connectivity index is 0.00000220. The standard InChI is InChI=1S/C18H29NO.ClH/c1-17(2,3)13-10-12(15-8-7-9-19-15)11-14(16(13)20)18(4,5)6;/h10-11,15,19-20H,7-9H2,1-6H3;1H/t15-;/m1./s1. The number of halogens is 1. The maximum atomic E-state index is 10.7. The van der Waals surface area contributed by atoms with Crippen molar-refractivity contribution < 1.29 is 5.11 Å². The van der Waals surface area contributed by atoms with Gasteiger partial charge in [-0.25, -0.2) is 0 Å². The van der Waals surface area contributed by atoms with Gasteiger partial charge in [-0.2, -0.15) is 0 Å². The van der Waals surface area contributed by atoms with Gasteiger partial charge in [0.2, 0.25) is 0 Å². The molecule has 1 fully saturated rings. The number of benzene rings is 1. The molecule has 0 amide bonds. The summed E-state index contributed by atoms with van der Waals surface area (Å²) in [5.41, 5.74) is 3.37. The van der Waals surface area contributed by atoms with E-state index in [0.29, 0.717) is 11.8 Å². The van der Waals surface area contributed by atoms with Gasteiger partial charge in [0.05, 0.1) is 0 Å². The number of phenolic OH excluding ortho intramolecular Hbond substituents is 1. The third-order valence-electron chi connectivity index (χ3n) is 4.21. The van der Waals surface area contributed by atoms with Crippen LogP contribution < -0.4 is 5.32 Å². The zero-order valence-corrected chi connectivity index (χ0v) is 15.0. The minimum absolute atomic E-state index is 0. The van der Waals surface area contributed by atoms with Crippen molar-refractivity contribution in [2.45, 2.75) is 71.3 Å². The van der Waals surface area contributed by atoms with Crippen LogP contribution in [0.25, 0.3) is 0 Å². The second-order valence-corrected chi connectivity index (χ2v) is 8.11. The molecule has 0 bridgehead atoms. The van der Waals surface area contributed by atoms with Crippen molar-refractivity contribution in [1.82, 2.24) is 5.32 Å². The highest BCUT2D eigenvalue weighted by Gasteiger charge is 2.28. The van der Waals surface area contributed by atoms with Crippen molar-refractivity contribution in [3.05, 3.63) is 28.8 Å². The molecule has 1 aromatic carbocycles. The van der Waals surface area contributed by atoms with Crippen LogP contribution in [0, 0.1) is 0 Å². The van der Waals surface area contributed by atoms with Gasteiger partial charge in [-0.1, -0.05) is 41.5 Å². The molecular formula is C18H30ClNO. The Morgan fingerprint density at radius 1 is 1.00 bits per heavy atom. The van der Waals surface area contributed by atoms with E-state index < -0.39 is 0 Å². The van der Waals surface area contributed by atoms with Gasteiger partial charge < -0.3 is 10.4 Å². The molecule has 1 atom stereocenters. The number of phenols is 1. The molecule has 0 unspecified atom stereocenters. The van der Waals surface area contributed by atoms with Gasteiger partial charge >= 0.3 is 0 Å². The monoisotopic (exact) mass is 311 g/mol. The van der Waals surface area contributed by atoms with E-state index >= 15 is 0 Å². The van der Waals surface area contributed by atoms with E-state index in [4.69, 9.17) is 0 Å². The first kappa shape index (κ1) is 18.3. The molecule has 1 saturated heterocycles. The van der Waals surface area contributed by atoms with Gasteiger partial charge in [0.1, 0.15) is 5.75 Å². The molecule has 1 heterocycles. The first-order chi connectivity index (χ1) is 9.10. The molecule has 3 heteroatoms. The Morgan fingerprint density at radius 3 is 1.81 bits per heavy atom. The van der Waals surface area contributed by atoms with Crippen LogP contribution in [-0.4, -0.2) is 11.7 Å². The molecule has 2 nitrogen and oxygen atoms in total. The predicted octanol–water partition coefficient (Wildman–Crippen LogP) is 4.83. The number of aromatic hydroxyl groups is 1. The lowest BCUT2D eigenvalue weighted by molar-refractivity contribution is 0.421. The van der Waals surface area contributed by atoms with E-state index in [0.717, 1.165) is 17.7 Å².